The van der Waals surface area contributed by atoms with Crippen molar-refractivity contribution < 1.29 is 4.74 Å². The number of hydrogen-bond donors (Lipinski definition) is 1. The minimum absolute atomic E-state index is 0.684. The zero-order chi connectivity index (χ0) is 13.3. The van der Waals surface area contributed by atoms with E-state index in [1.165, 1.54) is 0 Å². The molecule has 5 heteroatoms. The number of aromatic nitrogens is 2. The van der Waals surface area contributed by atoms with Crippen molar-refractivity contribution in [2.75, 3.05) is 19.7 Å². The topological polar surface area (TPSA) is 39.1 Å². The van der Waals surface area contributed by atoms with E-state index >= 15 is 0 Å². The highest BCUT2D eigenvalue weighted by molar-refractivity contribution is 9.10. The number of hydrogen-bond acceptors (Lipinski definition) is 3. The Kier molecular flexibility index (Phi) is 5.91. The van der Waals surface area contributed by atoms with Gasteiger partial charge in [0, 0.05) is 30.0 Å². The summed E-state index contributed by atoms with van der Waals surface area (Å²) in [7, 11) is 0. The smallest absolute Gasteiger partial charge is 0.119 e. The highest BCUT2D eigenvalue weighted by atomic mass is 79.9. The Morgan fingerprint density at radius 1 is 1.21 bits per heavy atom. The Labute approximate surface area is 121 Å². The molecule has 2 aromatic rings. The molecule has 102 valence electrons. The van der Waals surface area contributed by atoms with Gasteiger partial charge in [-0.05, 0) is 43.3 Å². The second kappa shape index (κ2) is 7.96. The molecule has 0 unspecified atom stereocenters. The average molecular weight is 324 g/mol. The van der Waals surface area contributed by atoms with Crippen LogP contribution in [0.3, 0.4) is 0 Å². The van der Waals surface area contributed by atoms with Crippen molar-refractivity contribution in [2.24, 2.45) is 0 Å². The highest BCUT2D eigenvalue weighted by Gasteiger charge is 1.94. The van der Waals surface area contributed by atoms with Crippen molar-refractivity contribution in [1.82, 2.24) is 15.1 Å². The van der Waals surface area contributed by atoms with Gasteiger partial charge in [-0.2, -0.15) is 5.10 Å². The Balaban J connectivity index is 1.49. The fourth-order valence-electron chi connectivity index (χ4n) is 1.70. The number of ether oxygens (including phenoxy) is 1. The molecule has 1 aromatic carbocycles. The molecule has 1 N–H and O–H groups in total. The van der Waals surface area contributed by atoms with E-state index in [9.17, 15) is 0 Å². The first-order chi connectivity index (χ1) is 9.34. The lowest BCUT2D eigenvalue weighted by molar-refractivity contribution is 0.313. The quantitative estimate of drug-likeness (QED) is 0.759. The summed E-state index contributed by atoms with van der Waals surface area (Å²) in [6, 6.07) is 9.82. The van der Waals surface area contributed by atoms with Crippen molar-refractivity contribution in [2.45, 2.75) is 13.0 Å². The number of rotatable bonds is 8. The first-order valence-corrected chi connectivity index (χ1v) is 7.20. The van der Waals surface area contributed by atoms with E-state index in [0.29, 0.717) is 6.61 Å². The molecule has 0 aliphatic rings. The lowest BCUT2D eigenvalue weighted by Crippen LogP contribution is -2.23. The molecule has 0 atom stereocenters. The third-order valence-electron chi connectivity index (χ3n) is 2.66. The molecule has 2 rings (SSSR count). The maximum Gasteiger partial charge on any atom is 0.119 e. The van der Waals surface area contributed by atoms with Crippen LogP contribution >= 0.6 is 15.9 Å². The zero-order valence-electron chi connectivity index (χ0n) is 10.8. The largest absolute Gasteiger partial charge is 0.492 e. The SMILES string of the molecule is Brc1ccc(OCCNCCCn2cccn2)cc1. The van der Waals surface area contributed by atoms with E-state index in [1.54, 1.807) is 6.20 Å². The number of nitrogens with zero attached hydrogens (tertiary/aromatic N) is 2. The average Bonchev–Trinajstić information content (AvgIpc) is 2.93. The van der Waals surface area contributed by atoms with Crippen LogP contribution in [0.5, 0.6) is 5.75 Å². The lowest BCUT2D eigenvalue weighted by atomic mass is 10.3. The maximum atomic E-state index is 5.61. The zero-order valence-corrected chi connectivity index (χ0v) is 12.3. The van der Waals surface area contributed by atoms with Crippen LogP contribution in [-0.4, -0.2) is 29.5 Å². The standard InChI is InChI=1S/C14H18BrN3O/c15-13-3-5-14(6-4-13)19-12-9-16-7-1-10-18-11-2-8-17-18/h2-6,8,11,16H,1,7,9-10,12H2. The first-order valence-electron chi connectivity index (χ1n) is 6.41. The van der Waals surface area contributed by atoms with Crippen LogP contribution < -0.4 is 10.1 Å². The lowest BCUT2D eigenvalue weighted by Gasteiger charge is -2.07. The van der Waals surface area contributed by atoms with E-state index in [1.807, 2.05) is 41.2 Å². The van der Waals surface area contributed by atoms with Crippen LogP contribution in [0.2, 0.25) is 0 Å². The molecular weight excluding hydrogens is 306 g/mol. The Morgan fingerprint density at radius 2 is 2.05 bits per heavy atom. The normalized spacial score (nSPS) is 10.6. The first kappa shape index (κ1) is 14.1. The summed E-state index contributed by atoms with van der Waals surface area (Å²) in [5, 5.41) is 7.51. The summed E-state index contributed by atoms with van der Waals surface area (Å²) in [6.07, 6.45) is 4.86. The van der Waals surface area contributed by atoms with Gasteiger partial charge in [-0.25, -0.2) is 0 Å². The summed E-state index contributed by atoms with van der Waals surface area (Å²) in [5.74, 6) is 0.904. The molecule has 0 fully saturated rings. The predicted octanol–water partition coefficient (Wildman–Crippen LogP) is 2.70. The summed E-state index contributed by atoms with van der Waals surface area (Å²) >= 11 is 3.40. The summed E-state index contributed by atoms with van der Waals surface area (Å²) in [5.41, 5.74) is 0. The molecule has 0 saturated heterocycles. The minimum Gasteiger partial charge on any atom is -0.492 e. The van der Waals surface area contributed by atoms with Gasteiger partial charge in [-0.3, -0.25) is 4.68 Å². The Hall–Kier alpha value is -1.33. The molecule has 0 aliphatic carbocycles. The Morgan fingerprint density at radius 3 is 2.79 bits per heavy atom. The second-order valence-electron chi connectivity index (χ2n) is 4.18. The van der Waals surface area contributed by atoms with Gasteiger partial charge in [0.1, 0.15) is 12.4 Å². The molecule has 0 radical (unpaired) electrons. The maximum absolute atomic E-state index is 5.61. The van der Waals surface area contributed by atoms with Crippen LogP contribution in [0.1, 0.15) is 6.42 Å². The molecule has 0 spiro atoms. The monoisotopic (exact) mass is 323 g/mol. The van der Waals surface area contributed by atoms with Crippen molar-refractivity contribution in [1.29, 1.82) is 0 Å². The second-order valence-corrected chi connectivity index (χ2v) is 5.09. The van der Waals surface area contributed by atoms with E-state index in [2.05, 4.69) is 26.3 Å². The van der Waals surface area contributed by atoms with E-state index in [0.717, 1.165) is 36.3 Å². The molecule has 0 bridgehead atoms. The Bertz CT molecular complexity index is 456. The molecule has 19 heavy (non-hydrogen) atoms. The van der Waals surface area contributed by atoms with Gasteiger partial charge in [-0.15, -0.1) is 0 Å². The summed E-state index contributed by atoms with van der Waals surface area (Å²) < 4.78 is 8.62. The van der Waals surface area contributed by atoms with Crippen molar-refractivity contribution in [3.05, 3.63) is 47.2 Å². The van der Waals surface area contributed by atoms with Crippen LogP contribution in [0.25, 0.3) is 0 Å². The van der Waals surface area contributed by atoms with Crippen LogP contribution in [0.4, 0.5) is 0 Å². The number of halogens is 1. The number of aryl methyl sites for hydroxylation is 1. The van der Waals surface area contributed by atoms with Crippen LogP contribution in [-0.2, 0) is 6.54 Å². The molecule has 0 saturated carbocycles. The van der Waals surface area contributed by atoms with Crippen LogP contribution in [0, 0.1) is 0 Å². The molecule has 1 aromatic heterocycles. The van der Waals surface area contributed by atoms with Gasteiger partial charge in [0.2, 0.25) is 0 Å². The number of nitrogens with one attached hydrogen (secondary N) is 1. The van der Waals surface area contributed by atoms with Gasteiger partial charge in [0.25, 0.3) is 0 Å². The molecule has 4 nitrogen and oxygen atoms in total. The minimum atomic E-state index is 0.684. The van der Waals surface area contributed by atoms with Gasteiger partial charge in [-0.1, -0.05) is 15.9 Å². The third kappa shape index (κ3) is 5.44. The van der Waals surface area contributed by atoms with Crippen molar-refractivity contribution in [3.8, 4) is 5.75 Å². The van der Waals surface area contributed by atoms with Gasteiger partial charge in [0.15, 0.2) is 0 Å². The third-order valence-corrected chi connectivity index (χ3v) is 3.19. The summed E-state index contributed by atoms with van der Waals surface area (Å²) in [4.78, 5) is 0. The number of benzene rings is 1. The van der Waals surface area contributed by atoms with Crippen molar-refractivity contribution >= 4 is 15.9 Å². The predicted molar refractivity (Wildman–Crippen MR) is 79.4 cm³/mol. The van der Waals surface area contributed by atoms with E-state index in [4.69, 9.17) is 4.74 Å². The molecular formula is C14H18BrN3O. The van der Waals surface area contributed by atoms with Gasteiger partial charge in [0.05, 0.1) is 0 Å². The van der Waals surface area contributed by atoms with Crippen LogP contribution in [0.15, 0.2) is 47.2 Å². The molecule has 0 amide bonds. The fraction of sp³-hybridized carbons (Fsp3) is 0.357. The summed E-state index contributed by atoms with van der Waals surface area (Å²) in [6.45, 7) is 3.47. The highest BCUT2D eigenvalue weighted by Crippen LogP contribution is 2.15. The molecule has 1 heterocycles. The van der Waals surface area contributed by atoms with Crippen molar-refractivity contribution in [3.63, 3.8) is 0 Å². The molecule has 0 aliphatic heterocycles. The van der Waals surface area contributed by atoms with Gasteiger partial charge < -0.3 is 10.1 Å². The van der Waals surface area contributed by atoms with Gasteiger partial charge >= 0.3 is 0 Å². The fourth-order valence-corrected chi connectivity index (χ4v) is 1.96. The van der Waals surface area contributed by atoms with E-state index in [-0.39, 0.29) is 0 Å². The van der Waals surface area contributed by atoms with E-state index < -0.39 is 0 Å².